The van der Waals surface area contributed by atoms with Crippen LogP contribution in [0.15, 0.2) is 28.4 Å². The standard InChI is InChI=1S/C26H31F3N8O3S/c1-25(2,3)37-11-15(9-31-37)22(38)30-10-20-33-21(34-40-20)19-8-17-18(13-41-24(17)36(19)14-26(27,28)29)23(39)32-16-6-5-7-35(4)12-16/h8-9,11,13,16H,5-7,10,12,14H2,1-4H3,(H,30,38)(H,32,39)/t16-/m0/s1. The molecular weight excluding hydrogens is 561 g/mol. The zero-order valence-corrected chi connectivity index (χ0v) is 23.9. The Kier molecular flexibility index (Phi) is 7.68. The van der Waals surface area contributed by atoms with Gasteiger partial charge in [-0.05, 0) is 53.3 Å². The Hall–Kier alpha value is -3.72. The molecular formula is C26H31F3N8O3S. The molecule has 0 unspecified atom stereocenters. The first-order valence-electron chi connectivity index (χ1n) is 13.1. The third-order valence-electron chi connectivity index (χ3n) is 6.80. The average molecular weight is 593 g/mol. The fourth-order valence-corrected chi connectivity index (χ4v) is 5.82. The van der Waals surface area contributed by atoms with Crippen LogP contribution in [0.5, 0.6) is 0 Å². The number of nitrogens with zero attached hydrogens (tertiary/aromatic N) is 6. The first-order valence-corrected chi connectivity index (χ1v) is 14.0. The predicted octanol–water partition coefficient (Wildman–Crippen LogP) is 4.02. The average Bonchev–Trinajstić information content (AvgIpc) is 3.66. The van der Waals surface area contributed by atoms with Crippen molar-refractivity contribution >= 4 is 33.4 Å². The molecule has 0 bridgehead atoms. The van der Waals surface area contributed by atoms with E-state index in [9.17, 15) is 22.8 Å². The minimum absolute atomic E-state index is 0.0130. The van der Waals surface area contributed by atoms with Crippen LogP contribution in [-0.2, 0) is 18.6 Å². The van der Waals surface area contributed by atoms with Crippen molar-refractivity contribution in [3.8, 4) is 11.5 Å². The number of carbonyl (C=O) groups is 2. The molecule has 0 radical (unpaired) electrons. The lowest BCUT2D eigenvalue weighted by Crippen LogP contribution is -2.46. The van der Waals surface area contributed by atoms with Gasteiger partial charge in [0.05, 0.1) is 35.1 Å². The molecule has 1 aliphatic heterocycles. The number of aromatic nitrogens is 5. The van der Waals surface area contributed by atoms with Gasteiger partial charge in [0.25, 0.3) is 11.8 Å². The van der Waals surface area contributed by atoms with Crippen molar-refractivity contribution in [1.82, 2.24) is 40.0 Å². The number of piperidine rings is 1. The number of rotatable bonds is 7. The first-order chi connectivity index (χ1) is 19.3. The summed E-state index contributed by atoms with van der Waals surface area (Å²) in [6.07, 6.45) is 0.318. The molecule has 5 rings (SSSR count). The van der Waals surface area contributed by atoms with E-state index in [-0.39, 0.29) is 46.3 Å². The molecule has 15 heteroatoms. The Labute approximate surface area is 237 Å². The molecule has 1 fully saturated rings. The van der Waals surface area contributed by atoms with Gasteiger partial charge in [-0.25, -0.2) is 0 Å². The fraction of sp³-hybridized carbons (Fsp3) is 0.500. The highest BCUT2D eigenvalue weighted by atomic mass is 32.1. The molecule has 11 nitrogen and oxygen atoms in total. The smallest absolute Gasteiger partial charge is 0.348 e. The molecule has 1 saturated heterocycles. The lowest BCUT2D eigenvalue weighted by molar-refractivity contribution is -0.139. The van der Waals surface area contributed by atoms with Crippen LogP contribution < -0.4 is 10.6 Å². The highest BCUT2D eigenvalue weighted by molar-refractivity contribution is 7.17. The Bertz CT molecular complexity index is 1560. The lowest BCUT2D eigenvalue weighted by Gasteiger charge is -2.30. The van der Waals surface area contributed by atoms with Crippen molar-refractivity contribution in [2.45, 2.75) is 64.5 Å². The number of fused-ring (bicyclic) bond motifs is 1. The molecule has 41 heavy (non-hydrogen) atoms. The van der Waals surface area contributed by atoms with Crippen LogP contribution in [0.2, 0.25) is 0 Å². The number of hydrogen-bond donors (Lipinski definition) is 2. The molecule has 2 N–H and O–H groups in total. The summed E-state index contributed by atoms with van der Waals surface area (Å²) in [5.74, 6) is -0.818. The molecule has 0 spiro atoms. The van der Waals surface area contributed by atoms with Crippen molar-refractivity contribution < 1.29 is 27.3 Å². The number of likely N-dealkylation sites (tertiary alicyclic amines) is 1. The second-order valence-corrected chi connectivity index (χ2v) is 12.1. The van der Waals surface area contributed by atoms with E-state index in [1.807, 2.05) is 27.8 Å². The highest BCUT2D eigenvalue weighted by Gasteiger charge is 2.33. The topological polar surface area (TPSA) is 123 Å². The van der Waals surface area contributed by atoms with Crippen molar-refractivity contribution in [1.29, 1.82) is 0 Å². The largest absolute Gasteiger partial charge is 0.406 e. The maximum absolute atomic E-state index is 13.6. The Morgan fingerprint density at radius 1 is 1.22 bits per heavy atom. The van der Waals surface area contributed by atoms with Crippen molar-refractivity contribution in [3.05, 3.63) is 40.9 Å². The first kappa shape index (κ1) is 28.8. The van der Waals surface area contributed by atoms with Gasteiger partial charge in [-0.3, -0.25) is 14.3 Å². The van der Waals surface area contributed by atoms with E-state index in [4.69, 9.17) is 4.52 Å². The van der Waals surface area contributed by atoms with E-state index in [1.165, 1.54) is 12.3 Å². The number of alkyl halides is 3. The Balaban J connectivity index is 1.36. The van der Waals surface area contributed by atoms with Crippen LogP contribution in [0.4, 0.5) is 13.2 Å². The normalized spacial score (nSPS) is 16.8. The van der Waals surface area contributed by atoms with Crippen molar-refractivity contribution in [3.63, 3.8) is 0 Å². The minimum atomic E-state index is -4.53. The van der Waals surface area contributed by atoms with Crippen LogP contribution in [0.25, 0.3) is 21.7 Å². The van der Waals surface area contributed by atoms with Gasteiger partial charge in [0.15, 0.2) is 0 Å². The number of nitrogens with one attached hydrogen (secondary N) is 2. The summed E-state index contributed by atoms with van der Waals surface area (Å²) in [6, 6.07) is 1.44. The predicted molar refractivity (Wildman–Crippen MR) is 146 cm³/mol. The van der Waals surface area contributed by atoms with Crippen LogP contribution in [-0.4, -0.2) is 73.6 Å². The zero-order chi connectivity index (χ0) is 29.5. The lowest BCUT2D eigenvalue weighted by atomic mass is 10.1. The summed E-state index contributed by atoms with van der Waals surface area (Å²) >= 11 is 1.05. The van der Waals surface area contributed by atoms with Crippen LogP contribution in [0.1, 0.15) is 60.2 Å². The van der Waals surface area contributed by atoms with E-state index in [1.54, 1.807) is 16.3 Å². The van der Waals surface area contributed by atoms with Crippen molar-refractivity contribution in [2.24, 2.45) is 0 Å². The molecule has 0 saturated carbocycles. The summed E-state index contributed by atoms with van der Waals surface area (Å²) in [4.78, 5) is 32.3. The van der Waals surface area contributed by atoms with Gasteiger partial charge in [-0.15, -0.1) is 11.3 Å². The summed E-state index contributed by atoms with van der Waals surface area (Å²) < 4.78 is 48.7. The molecule has 5 heterocycles. The molecule has 1 aliphatic rings. The molecule has 4 aromatic heterocycles. The second-order valence-electron chi connectivity index (χ2n) is 11.2. The molecule has 4 aromatic rings. The van der Waals surface area contributed by atoms with Gasteiger partial charge >= 0.3 is 6.18 Å². The van der Waals surface area contributed by atoms with E-state index in [0.29, 0.717) is 23.1 Å². The third kappa shape index (κ3) is 6.45. The number of halogens is 3. The molecule has 0 aliphatic carbocycles. The van der Waals surface area contributed by atoms with E-state index >= 15 is 0 Å². The zero-order valence-electron chi connectivity index (χ0n) is 23.1. The molecule has 220 valence electrons. The van der Waals surface area contributed by atoms with E-state index < -0.39 is 18.6 Å². The van der Waals surface area contributed by atoms with Gasteiger partial charge in [-0.1, -0.05) is 5.16 Å². The van der Waals surface area contributed by atoms with E-state index in [0.717, 1.165) is 35.3 Å². The van der Waals surface area contributed by atoms with E-state index in [2.05, 4.69) is 30.8 Å². The summed E-state index contributed by atoms with van der Waals surface area (Å²) in [6.45, 7) is 6.09. The summed E-state index contributed by atoms with van der Waals surface area (Å²) in [5.41, 5.74) is 0.395. The summed E-state index contributed by atoms with van der Waals surface area (Å²) in [5, 5.41) is 15.7. The van der Waals surface area contributed by atoms with Gasteiger partial charge in [0.1, 0.15) is 11.4 Å². The van der Waals surface area contributed by atoms with Crippen molar-refractivity contribution in [2.75, 3.05) is 20.1 Å². The number of amides is 2. The number of thiophene rings is 1. The third-order valence-corrected chi connectivity index (χ3v) is 7.81. The van der Waals surface area contributed by atoms with Crippen LogP contribution >= 0.6 is 11.3 Å². The number of carbonyl (C=O) groups excluding carboxylic acids is 2. The monoisotopic (exact) mass is 592 g/mol. The van der Waals surface area contributed by atoms with Crippen LogP contribution in [0.3, 0.4) is 0 Å². The Morgan fingerprint density at radius 2 is 2.00 bits per heavy atom. The summed E-state index contributed by atoms with van der Waals surface area (Å²) in [7, 11) is 1.98. The number of likely N-dealkylation sites (N-methyl/N-ethyl adjacent to an activating group) is 1. The second kappa shape index (κ2) is 10.9. The van der Waals surface area contributed by atoms with Gasteiger partial charge in [0.2, 0.25) is 11.7 Å². The van der Waals surface area contributed by atoms with Gasteiger partial charge < -0.3 is 24.6 Å². The molecule has 0 aromatic carbocycles. The quantitative estimate of drug-likeness (QED) is 0.332. The van der Waals surface area contributed by atoms with Gasteiger partial charge in [-0.2, -0.15) is 23.3 Å². The maximum atomic E-state index is 13.6. The highest BCUT2D eigenvalue weighted by Crippen LogP contribution is 2.36. The Morgan fingerprint density at radius 3 is 2.68 bits per heavy atom. The van der Waals surface area contributed by atoms with Gasteiger partial charge in [0, 0.05) is 29.5 Å². The SMILES string of the molecule is CN1CCC[C@H](NC(=O)c2csc3c2cc(-c2noc(CNC(=O)c4cnn(C(C)(C)C)c4)n2)n3CC(F)(F)F)C1. The maximum Gasteiger partial charge on any atom is 0.406 e. The molecule has 2 amide bonds. The molecule has 1 atom stereocenters. The number of hydrogen-bond acceptors (Lipinski definition) is 8. The minimum Gasteiger partial charge on any atom is -0.348 e. The van der Waals surface area contributed by atoms with Crippen LogP contribution in [0, 0.1) is 0 Å². The fourth-order valence-electron chi connectivity index (χ4n) is 4.77.